The minimum Gasteiger partial charge on any atom is -0.361 e. The Hall–Kier alpha value is -1.77. The SMILES string of the molecule is CC1CCCCC1CNC(=O)c1cccc2cc[nH]c12. The Balaban J connectivity index is 1.68. The van der Waals surface area contributed by atoms with Crippen molar-refractivity contribution in [2.75, 3.05) is 6.54 Å². The fourth-order valence-corrected chi connectivity index (χ4v) is 3.29. The van der Waals surface area contributed by atoms with Crippen molar-refractivity contribution < 1.29 is 4.79 Å². The van der Waals surface area contributed by atoms with Crippen LogP contribution in [-0.4, -0.2) is 17.4 Å². The van der Waals surface area contributed by atoms with Crippen molar-refractivity contribution in [1.29, 1.82) is 0 Å². The molecule has 106 valence electrons. The van der Waals surface area contributed by atoms with E-state index in [1.165, 1.54) is 25.7 Å². The fourth-order valence-electron chi connectivity index (χ4n) is 3.29. The van der Waals surface area contributed by atoms with Gasteiger partial charge in [0.1, 0.15) is 0 Å². The summed E-state index contributed by atoms with van der Waals surface area (Å²) in [6.45, 7) is 3.11. The Morgan fingerprint density at radius 2 is 2.15 bits per heavy atom. The lowest BCUT2D eigenvalue weighted by molar-refractivity contribution is 0.0938. The van der Waals surface area contributed by atoms with Gasteiger partial charge in [0.05, 0.1) is 11.1 Å². The molecule has 2 N–H and O–H groups in total. The van der Waals surface area contributed by atoms with Gasteiger partial charge < -0.3 is 10.3 Å². The van der Waals surface area contributed by atoms with Crippen molar-refractivity contribution in [2.24, 2.45) is 11.8 Å². The van der Waals surface area contributed by atoms with Gasteiger partial charge in [-0.2, -0.15) is 0 Å². The van der Waals surface area contributed by atoms with E-state index in [2.05, 4.69) is 17.2 Å². The first-order valence-corrected chi connectivity index (χ1v) is 7.60. The topological polar surface area (TPSA) is 44.9 Å². The van der Waals surface area contributed by atoms with Gasteiger partial charge in [-0.05, 0) is 30.4 Å². The Bertz CT molecular complexity index is 602. The standard InChI is InChI=1S/C17H22N2O/c1-12-5-2-3-6-14(12)11-19-17(20)15-8-4-7-13-9-10-18-16(13)15/h4,7-10,12,14,18H,2-3,5-6,11H2,1H3,(H,19,20). The number of rotatable bonds is 3. The van der Waals surface area contributed by atoms with Crippen molar-refractivity contribution >= 4 is 16.8 Å². The fraction of sp³-hybridized carbons (Fsp3) is 0.471. The van der Waals surface area contributed by atoms with E-state index in [1.54, 1.807) is 0 Å². The molecule has 0 saturated heterocycles. The van der Waals surface area contributed by atoms with E-state index in [9.17, 15) is 4.79 Å². The van der Waals surface area contributed by atoms with E-state index >= 15 is 0 Å². The van der Waals surface area contributed by atoms with Gasteiger partial charge in [-0.25, -0.2) is 0 Å². The Morgan fingerprint density at radius 3 is 3.00 bits per heavy atom. The second kappa shape index (κ2) is 5.70. The summed E-state index contributed by atoms with van der Waals surface area (Å²) in [6, 6.07) is 7.84. The van der Waals surface area contributed by atoms with Crippen molar-refractivity contribution in [1.82, 2.24) is 10.3 Å². The number of carbonyl (C=O) groups is 1. The van der Waals surface area contributed by atoms with E-state index in [1.807, 2.05) is 30.5 Å². The summed E-state index contributed by atoms with van der Waals surface area (Å²) in [5.74, 6) is 1.40. The Labute approximate surface area is 119 Å². The van der Waals surface area contributed by atoms with Crippen LogP contribution in [0.3, 0.4) is 0 Å². The van der Waals surface area contributed by atoms with Crippen LogP contribution in [0.25, 0.3) is 10.9 Å². The number of carbonyl (C=O) groups excluding carboxylic acids is 1. The maximum absolute atomic E-state index is 12.4. The molecule has 1 heterocycles. The third-order valence-corrected chi connectivity index (χ3v) is 4.65. The summed E-state index contributed by atoms with van der Waals surface area (Å²) < 4.78 is 0. The maximum atomic E-state index is 12.4. The zero-order chi connectivity index (χ0) is 13.9. The maximum Gasteiger partial charge on any atom is 0.253 e. The second-order valence-corrected chi connectivity index (χ2v) is 5.98. The largest absolute Gasteiger partial charge is 0.361 e. The van der Waals surface area contributed by atoms with Crippen LogP contribution in [0.2, 0.25) is 0 Å². The first-order valence-electron chi connectivity index (χ1n) is 7.60. The number of hydrogen-bond donors (Lipinski definition) is 2. The van der Waals surface area contributed by atoms with Crippen molar-refractivity contribution in [3.63, 3.8) is 0 Å². The van der Waals surface area contributed by atoms with Crippen LogP contribution < -0.4 is 5.32 Å². The predicted molar refractivity (Wildman–Crippen MR) is 81.8 cm³/mol. The van der Waals surface area contributed by atoms with E-state index in [0.29, 0.717) is 5.92 Å². The highest BCUT2D eigenvalue weighted by atomic mass is 16.1. The molecule has 1 aromatic heterocycles. The number of aromatic nitrogens is 1. The molecular formula is C17H22N2O. The zero-order valence-electron chi connectivity index (χ0n) is 12.0. The Kier molecular flexibility index (Phi) is 3.77. The third kappa shape index (κ3) is 2.58. The number of hydrogen-bond acceptors (Lipinski definition) is 1. The van der Waals surface area contributed by atoms with Crippen LogP contribution in [0.4, 0.5) is 0 Å². The van der Waals surface area contributed by atoms with E-state index < -0.39 is 0 Å². The number of amides is 1. The van der Waals surface area contributed by atoms with Gasteiger partial charge in [-0.3, -0.25) is 4.79 Å². The highest BCUT2D eigenvalue weighted by Crippen LogP contribution is 2.29. The normalized spacial score (nSPS) is 22.9. The molecule has 0 radical (unpaired) electrons. The summed E-state index contributed by atoms with van der Waals surface area (Å²) in [5, 5.41) is 4.21. The molecule has 1 aliphatic carbocycles. The van der Waals surface area contributed by atoms with E-state index in [0.717, 1.165) is 28.9 Å². The van der Waals surface area contributed by atoms with Crippen LogP contribution in [0.15, 0.2) is 30.5 Å². The molecule has 3 rings (SSSR count). The molecule has 1 aliphatic rings. The van der Waals surface area contributed by atoms with Crippen LogP contribution in [-0.2, 0) is 0 Å². The molecule has 2 unspecified atom stereocenters. The quantitative estimate of drug-likeness (QED) is 0.877. The molecule has 0 spiro atoms. The third-order valence-electron chi connectivity index (χ3n) is 4.65. The number of benzene rings is 1. The highest BCUT2D eigenvalue weighted by Gasteiger charge is 2.22. The van der Waals surface area contributed by atoms with E-state index in [-0.39, 0.29) is 5.91 Å². The predicted octanol–water partition coefficient (Wildman–Crippen LogP) is 3.72. The van der Waals surface area contributed by atoms with Gasteiger partial charge in [0.25, 0.3) is 5.91 Å². The number of fused-ring (bicyclic) bond motifs is 1. The van der Waals surface area contributed by atoms with Crippen LogP contribution in [0.5, 0.6) is 0 Å². The lowest BCUT2D eigenvalue weighted by atomic mass is 9.80. The molecule has 1 fully saturated rings. The van der Waals surface area contributed by atoms with Crippen LogP contribution in [0.1, 0.15) is 43.0 Å². The molecule has 0 aliphatic heterocycles. The van der Waals surface area contributed by atoms with Crippen molar-refractivity contribution in [3.8, 4) is 0 Å². The molecule has 3 nitrogen and oxygen atoms in total. The van der Waals surface area contributed by atoms with E-state index in [4.69, 9.17) is 0 Å². The summed E-state index contributed by atoms with van der Waals surface area (Å²) in [4.78, 5) is 15.5. The molecule has 20 heavy (non-hydrogen) atoms. The van der Waals surface area contributed by atoms with Gasteiger partial charge in [0, 0.05) is 18.1 Å². The van der Waals surface area contributed by atoms with Gasteiger partial charge in [-0.15, -0.1) is 0 Å². The lowest BCUT2D eigenvalue weighted by Crippen LogP contribution is -2.33. The van der Waals surface area contributed by atoms with Crippen LogP contribution in [0, 0.1) is 11.8 Å². The molecule has 3 heteroatoms. The number of aromatic amines is 1. The highest BCUT2D eigenvalue weighted by molar-refractivity contribution is 6.05. The summed E-state index contributed by atoms with van der Waals surface area (Å²) in [5.41, 5.74) is 1.68. The summed E-state index contributed by atoms with van der Waals surface area (Å²) >= 11 is 0. The lowest BCUT2D eigenvalue weighted by Gasteiger charge is -2.28. The molecule has 2 atom stereocenters. The first kappa shape index (κ1) is 13.2. The smallest absolute Gasteiger partial charge is 0.253 e. The summed E-state index contributed by atoms with van der Waals surface area (Å²) in [7, 11) is 0. The second-order valence-electron chi connectivity index (χ2n) is 5.98. The molecule has 1 aromatic carbocycles. The van der Waals surface area contributed by atoms with Crippen molar-refractivity contribution in [3.05, 3.63) is 36.0 Å². The monoisotopic (exact) mass is 270 g/mol. The minimum atomic E-state index is 0.0378. The number of para-hydroxylation sites is 1. The number of H-pyrrole nitrogens is 1. The van der Waals surface area contributed by atoms with Gasteiger partial charge >= 0.3 is 0 Å². The molecule has 1 amide bonds. The number of nitrogens with one attached hydrogen (secondary N) is 2. The molecule has 1 saturated carbocycles. The van der Waals surface area contributed by atoms with Gasteiger partial charge in [0.15, 0.2) is 0 Å². The van der Waals surface area contributed by atoms with Gasteiger partial charge in [-0.1, -0.05) is 38.3 Å². The Morgan fingerprint density at radius 1 is 1.30 bits per heavy atom. The van der Waals surface area contributed by atoms with Crippen LogP contribution >= 0.6 is 0 Å². The molecule has 2 aromatic rings. The van der Waals surface area contributed by atoms with Crippen molar-refractivity contribution in [2.45, 2.75) is 32.6 Å². The summed E-state index contributed by atoms with van der Waals surface area (Å²) in [6.07, 6.45) is 7.07. The van der Waals surface area contributed by atoms with Gasteiger partial charge in [0.2, 0.25) is 0 Å². The minimum absolute atomic E-state index is 0.0378. The average molecular weight is 270 g/mol. The molecule has 0 bridgehead atoms. The zero-order valence-corrected chi connectivity index (χ0v) is 12.0. The first-order chi connectivity index (χ1) is 9.75. The molecular weight excluding hydrogens is 248 g/mol. The average Bonchev–Trinajstić information content (AvgIpc) is 2.94.